The van der Waals surface area contributed by atoms with Gasteiger partial charge in [-0.1, -0.05) is 35.3 Å². The summed E-state index contributed by atoms with van der Waals surface area (Å²) in [5.74, 6) is -0.787. The highest BCUT2D eigenvalue weighted by atomic mass is 35.5. The smallest absolute Gasteiger partial charge is 0.231 e. The summed E-state index contributed by atoms with van der Waals surface area (Å²) in [6.07, 6.45) is 1.51. The summed E-state index contributed by atoms with van der Waals surface area (Å²) in [6.45, 7) is 0.257. The van der Waals surface area contributed by atoms with Gasteiger partial charge in [0.1, 0.15) is 5.82 Å². The molecule has 0 N–H and O–H groups in total. The van der Waals surface area contributed by atoms with Crippen LogP contribution in [0.3, 0.4) is 0 Å². The fourth-order valence-corrected chi connectivity index (χ4v) is 2.90. The number of benzene rings is 2. The first-order chi connectivity index (χ1) is 12.5. The molecule has 1 amide bonds. The maximum atomic E-state index is 14.1. The predicted octanol–water partition coefficient (Wildman–Crippen LogP) is 5.30. The van der Waals surface area contributed by atoms with Crippen LogP contribution in [0.4, 0.5) is 10.1 Å². The number of aromatic nitrogens is 1. The topological polar surface area (TPSA) is 33.2 Å². The van der Waals surface area contributed by atoms with E-state index in [0.717, 1.165) is 5.69 Å². The second-order valence-electron chi connectivity index (χ2n) is 5.65. The SMILES string of the molecule is O=C(Cc1c(F)cccc1Cl)N(Cc1ccccn1)c1ccc(Cl)cc1. The molecule has 0 saturated heterocycles. The molecule has 3 rings (SSSR count). The minimum Gasteiger partial charge on any atom is -0.306 e. The first-order valence-electron chi connectivity index (χ1n) is 7.93. The third-order valence-corrected chi connectivity index (χ3v) is 4.48. The highest BCUT2D eigenvalue weighted by Crippen LogP contribution is 2.24. The van der Waals surface area contributed by atoms with E-state index in [2.05, 4.69) is 4.98 Å². The second-order valence-corrected chi connectivity index (χ2v) is 6.50. The molecule has 0 fully saturated rings. The number of halogens is 3. The van der Waals surface area contributed by atoms with Crippen LogP contribution in [0, 0.1) is 5.82 Å². The van der Waals surface area contributed by atoms with Crippen molar-refractivity contribution in [2.75, 3.05) is 4.90 Å². The monoisotopic (exact) mass is 388 g/mol. The van der Waals surface area contributed by atoms with Crippen molar-refractivity contribution >= 4 is 34.8 Å². The van der Waals surface area contributed by atoms with E-state index in [9.17, 15) is 9.18 Å². The zero-order valence-corrected chi connectivity index (χ0v) is 15.2. The molecule has 0 spiro atoms. The molecule has 0 aliphatic heterocycles. The molecule has 0 saturated carbocycles. The zero-order chi connectivity index (χ0) is 18.5. The molecule has 132 valence electrons. The van der Waals surface area contributed by atoms with Crippen LogP contribution >= 0.6 is 23.2 Å². The summed E-state index contributed by atoms with van der Waals surface area (Å²) in [7, 11) is 0. The molecule has 1 aromatic heterocycles. The number of anilines is 1. The number of carbonyl (C=O) groups excluding carboxylic acids is 1. The molecule has 3 aromatic rings. The molecule has 2 aromatic carbocycles. The molecule has 6 heteroatoms. The van der Waals surface area contributed by atoms with Crippen molar-refractivity contribution < 1.29 is 9.18 Å². The maximum absolute atomic E-state index is 14.1. The summed E-state index contributed by atoms with van der Waals surface area (Å²) in [5.41, 5.74) is 1.55. The van der Waals surface area contributed by atoms with E-state index in [1.165, 1.54) is 12.1 Å². The lowest BCUT2D eigenvalue weighted by atomic mass is 10.1. The second kappa shape index (κ2) is 8.30. The molecular formula is C20H15Cl2FN2O. The van der Waals surface area contributed by atoms with E-state index in [1.54, 1.807) is 47.5 Å². The number of hydrogen-bond donors (Lipinski definition) is 0. The minimum atomic E-state index is -0.500. The maximum Gasteiger partial charge on any atom is 0.231 e. The summed E-state index contributed by atoms with van der Waals surface area (Å²) < 4.78 is 14.1. The Bertz CT molecular complexity index is 881. The Balaban J connectivity index is 1.91. The number of hydrogen-bond acceptors (Lipinski definition) is 2. The van der Waals surface area contributed by atoms with Gasteiger partial charge < -0.3 is 4.90 Å². The fourth-order valence-electron chi connectivity index (χ4n) is 2.55. The lowest BCUT2D eigenvalue weighted by Crippen LogP contribution is -2.32. The van der Waals surface area contributed by atoms with Gasteiger partial charge in [0.25, 0.3) is 0 Å². The van der Waals surface area contributed by atoms with Gasteiger partial charge in [-0.25, -0.2) is 4.39 Å². The molecule has 0 radical (unpaired) electrons. The van der Waals surface area contributed by atoms with Gasteiger partial charge in [0, 0.05) is 27.5 Å². The quantitative estimate of drug-likeness (QED) is 0.593. The molecular weight excluding hydrogens is 374 g/mol. The Kier molecular flexibility index (Phi) is 5.86. The van der Waals surface area contributed by atoms with Crippen molar-refractivity contribution in [1.29, 1.82) is 0 Å². The Morgan fingerprint density at radius 3 is 2.42 bits per heavy atom. The average molecular weight is 389 g/mol. The fraction of sp³-hybridized carbons (Fsp3) is 0.100. The molecule has 0 atom stereocenters. The van der Waals surface area contributed by atoms with Crippen molar-refractivity contribution in [3.05, 3.63) is 94.0 Å². The average Bonchev–Trinajstić information content (AvgIpc) is 2.64. The molecule has 3 nitrogen and oxygen atoms in total. The van der Waals surface area contributed by atoms with Gasteiger partial charge in [-0.15, -0.1) is 0 Å². The van der Waals surface area contributed by atoms with Gasteiger partial charge in [0.05, 0.1) is 18.7 Å². The van der Waals surface area contributed by atoms with Gasteiger partial charge in [0.2, 0.25) is 5.91 Å². The molecule has 1 heterocycles. The van der Waals surface area contributed by atoms with Crippen LogP contribution in [0.1, 0.15) is 11.3 Å². The van der Waals surface area contributed by atoms with Gasteiger partial charge in [-0.05, 0) is 48.5 Å². The van der Waals surface area contributed by atoms with Crippen LogP contribution < -0.4 is 4.90 Å². The van der Waals surface area contributed by atoms with E-state index in [1.807, 2.05) is 12.1 Å². The van der Waals surface area contributed by atoms with Crippen molar-refractivity contribution in [2.45, 2.75) is 13.0 Å². The standard InChI is InChI=1S/C20H15Cl2FN2O/c21-14-7-9-16(10-8-14)25(13-15-4-1-2-11-24-15)20(26)12-17-18(22)5-3-6-19(17)23/h1-11H,12-13H2. The van der Waals surface area contributed by atoms with Crippen LogP contribution in [0.5, 0.6) is 0 Å². The normalized spacial score (nSPS) is 10.6. The van der Waals surface area contributed by atoms with Crippen LogP contribution in [0.2, 0.25) is 10.0 Å². The zero-order valence-electron chi connectivity index (χ0n) is 13.7. The van der Waals surface area contributed by atoms with Crippen molar-refractivity contribution in [3.8, 4) is 0 Å². The third-order valence-electron chi connectivity index (χ3n) is 3.88. The van der Waals surface area contributed by atoms with Crippen LogP contribution in [-0.4, -0.2) is 10.9 Å². The summed E-state index contributed by atoms with van der Waals surface area (Å²) in [5, 5.41) is 0.795. The lowest BCUT2D eigenvalue weighted by Gasteiger charge is -2.23. The van der Waals surface area contributed by atoms with Gasteiger partial charge in [-0.3, -0.25) is 9.78 Å². The molecule has 0 aliphatic rings. The number of carbonyl (C=O) groups is 1. The number of nitrogens with zero attached hydrogens (tertiary/aromatic N) is 2. The number of pyridine rings is 1. The van der Waals surface area contributed by atoms with Gasteiger partial charge in [0.15, 0.2) is 0 Å². The van der Waals surface area contributed by atoms with Crippen molar-refractivity contribution in [1.82, 2.24) is 4.98 Å². The summed E-state index contributed by atoms with van der Waals surface area (Å²) >= 11 is 12.0. The Labute approximate surface area is 161 Å². The largest absolute Gasteiger partial charge is 0.306 e. The van der Waals surface area contributed by atoms with E-state index < -0.39 is 5.82 Å². The highest BCUT2D eigenvalue weighted by molar-refractivity contribution is 6.31. The predicted molar refractivity (Wildman–Crippen MR) is 102 cm³/mol. The molecule has 0 unspecified atom stereocenters. The van der Waals surface area contributed by atoms with E-state index in [4.69, 9.17) is 23.2 Å². The Morgan fingerprint density at radius 1 is 1.00 bits per heavy atom. The third kappa shape index (κ3) is 4.40. The summed E-state index contributed by atoms with van der Waals surface area (Å²) in [4.78, 5) is 18.8. The van der Waals surface area contributed by atoms with Crippen molar-refractivity contribution in [3.63, 3.8) is 0 Å². The van der Waals surface area contributed by atoms with E-state index >= 15 is 0 Å². The van der Waals surface area contributed by atoms with Crippen LogP contribution in [-0.2, 0) is 17.8 Å². The van der Waals surface area contributed by atoms with Gasteiger partial charge in [-0.2, -0.15) is 0 Å². The van der Waals surface area contributed by atoms with Crippen LogP contribution in [0.15, 0.2) is 66.9 Å². The van der Waals surface area contributed by atoms with E-state index in [-0.39, 0.29) is 29.5 Å². The van der Waals surface area contributed by atoms with Gasteiger partial charge >= 0.3 is 0 Å². The first kappa shape index (κ1) is 18.4. The minimum absolute atomic E-state index is 0.152. The first-order valence-corrected chi connectivity index (χ1v) is 8.69. The number of rotatable bonds is 5. The molecule has 26 heavy (non-hydrogen) atoms. The Hall–Kier alpha value is -2.43. The van der Waals surface area contributed by atoms with Crippen molar-refractivity contribution in [2.24, 2.45) is 0 Å². The molecule has 0 aliphatic carbocycles. The molecule has 0 bridgehead atoms. The Morgan fingerprint density at radius 2 is 1.77 bits per heavy atom. The van der Waals surface area contributed by atoms with Crippen LogP contribution in [0.25, 0.3) is 0 Å². The highest BCUT2D eigenvalue weighted by Gasteiger charge is 2.20. The van der Waals surface area contributed by atoms with E-state index in [0.29, 0.717) is 10.7 Å². The summed E-state index contributed by atoms with van der Waals surface area (Å²) in [6, 6.07) is 16.7. The number of amides is 1. The lowest BCUT2D eigenvalue weighted by molar-refractivity contribution is -0.118.